The fraction of sp³-hybridized carbons (Fsp3) is 0.300. The van der Waals surface area contributed by atoms with Gasteiger partial charge in [-0.05, 0) is 67.8 Å². The molecular weight excluding hydrogens is 605 g/mol. The van der Waals surface area contributed by atoms with Crippen LogP contribution in [0.4, 0.5) is 13.2 Å². The Bertz CT molecular complexity index is 1660. The number of benzene rings is 3. The molecule has 0 bridgehead atoms. The average molecular weight is 632 g/mol. The Morgan fingerprint density at radius 3 is 2.60 bits per heavy atom. The zero-order valence-electron chi connectivity index (χ0n) is 21.6. The van der Waals surface area contributed by atoms with Crippen LogP contribution >= 0.6 is 27.3 Å². The number of aromatic nitrogens is 2. The summed E-state index contributed by atoms with van der Waals surface area (Å²) in [5.74, 6) is -2.36. The van der Waals surface area contributed by atoms with Gasteiger partial charge in [0.15, 0.2) is 12.0 Å². The molecule has 5 aromatic rings. The number of nitrogens with zero attached hydrogens (tertiary/aromatic N) is 2. The first kappa shape index (κ1) is 27.1. The van der Waals surface area contributed by atoms with E-state index in [0.29, 0.717) is 40.7 Å². The highest BCUT2D eigenvalue weighted by Gasteiger charge is 2.31. The summed E-state index contributed by atoms with van der Waals surface area (Å²) in [6.45, 7) is 1.98. The van der Waals surface area contributed by atoms with E-state index in [4.69, 9.17) is 14.2 Å². The third-order valence-corrected chi connectivity index (χ3v) is 8.48. The van der Waals surface area contributed by atoms with Crippen LogP contribution in [0.1, 0.15) is 38.0 Å². The predicted molar refractivity (Wildman–Crippen MR) is 155 cm³/mol. The van der Waals surface area contributed by atoms with E-state index >= 15 is 0 Å². The van der Waals surface area contributed by atoms with Gasteiger partial charge in [0.25, 0.3) is 5.92 Å². The Kier molecular flexibility index (Phi) is 7.50. The molecule has 0 spiro atoms. The molecule has 1 aliphatic rings. The summed E-state index contributed by atoms with van der Waals surface area (Å²) >= 11 is 4.67. The summed E-state index contributed by atoms with van der Waals surface area (Å²) in [5.41, 5.74) is 0.718. The molecule has 1 fully saturated rings. The lowest BCUT2D eigenvalue weighted by atomic mass is 10.00. The van der Waals surface area contributed by atoms with Crippen molar-refractivity contribution in [3.63, 3.8) is 0 Å². The summed E-state index contributed by atoms with van der Waals surface area (Å²) in [5, 5.41) is 6.97. The molecule has 0 aliphatic carbocycles. The molecule has 0 amide bonds. The minimum Gasteiger partial charge on any atom is -0.493 e. The van der Waals surface area contributed by atoms with Gasteiger partial charge in [0.2, 0.25) is 0 Å². The van der Waals surface area contributed by atoms with E-state index in [9.17, 15) is 13.2 Å². The molecule has 3 aromatic carbocycles. The first-order valence-corrected chi connectivity index (χ1v) is 15.0. The van der Waals surface area contributed by atoms with Gasteiger partial charge in [0, 0.05) is 45.5 Å². The summed E-state index contributed by atoms with van der Waals surface area (Å²) in [7, 11) is 0. The van der Waals surface area contributed by atoms with Crippen LogP contribution in [0.15, 0.2) is 60.8 Å². The van der Waals surface area contributed by atoms with Crippen molar-refractivity contribution in [1.29, 1.82) is 0 Å². The number of ether oxygens (including phenoxy) is 3. The zero-order chi connectivity index (χ0) is 27.9. The number of hydrogen-bond donors (Lipinski definition) is 0. The second kappa shape index (κ2) is 11.1. The molecule has 1 unspecified atom stereocenters. The molecule has 2 aromatic heterocycles. The van der Waals surface area contributed by atoms with Gasteiger partial charge < -0.3 is 14.2 Å². The third kappa shape index (κ3) is 5.20. The first-order valence-electron chi connectivity index (χ1n) is 13.0. The van der Waals surface area contributed by atoms with Crippen LogP contribution in [0, 0.1) is 5.82 Å². The Morgan fingerprint density at radius 2 is 1.88 bits per heavy atom. The van der Waals surface area contributed by atoms with Gasteiger partial charge in [-0.15, -0.1) is 11.3 Å². The summed E-state index contributed by atoms with van der Waals surface area (Å²) in [6.07, 6.45) is 4.61. The van der Waals surface area contributed by atoms with Crippen LogP contribution in [0.5, 0.6) is 17.2 Å². The molecule has 1 atom stereocenters. The van der Waals surface area contributed by atoms with Gasteiger partial charge in [-0.25, -0.2) is 17.9 Å². The maximum Gasteiger partial charge on any atom is 0.271 e. The van der Waals surface area contributed by atoms with E-state index in [2.05, 4.69) is 21.0 Å². The average Bonchev–Trinajstić information content (AvgIpc) is 3.54. The second-order valence-electron chi connectivity index (χ2n) is 9.73. The predicted octanol–water partition coefficient (Wildman–Crippen LogP) is 9.43. The molecule has 5 nitrogen and oxygen atoms in total. The number of thiophene rings is 1. The van der Waals surface area contributed by atoms with Crippen molar-refractivity contribution in [3.05, 3.63) is 72.2 Å². The maximum absolute atomic E-state index is 14.8. The fourth-order valence-corrected chi connectivity index (χ4v) is 6.47. The minimum absolute atomic E-state index is 0.147. The highest BCUT2D eigenvalue weighted by atomic mass is 79.9. The van der Waals surface area contributed by atoms with E-state index in [1.54, 1.807) is 30.5 Å². The first-order chi connectivity index (χ1) is 19.3. The number of rotatable bonds is 8. The smallest absolute Gasteiger partial charge is 0.271 e. The monoisotopic (exact) mass is 630 g/mol. The molecule has 0 N–H and O–H groups in total. The van der Waals surface area contributed by atoms with E-state index < -0.39 is 17.3 Å². The molecule has 208 valence electrons. The lowest BCUT2D eigenvalue weighted by Gasteiger charge is -2.23. The molecule has 0 radical (unpaired) electrons. The van der Waals surface area contributed by atoms with Gasteiger partial charge in [-0.2, -0.15) is 5.10 Å². The van der Waals surface area contributed by atoms with Crippen LogP contribution in [-0.4, -0.2) is 28.3 Å². The Hall–Kier alpha value is -3.08. The second-order valence-corrected chi connectivity index (χ2v) is 11.5. The molecule has 6 rings (SSSR count). The SMILES string of the molecule is CC(F)(F)c1cc(F)ccc1-c1sc2c(ccc3c2cnn3C2CCCCO2)c1Oc1ccc(OCCBr)cc1. The van der Waals surface area contributed by atoms with Crippen LogP contribution in [0.25, 0.3) is 31.4 Å². The molecule has 0 saturated carbocycles. The standard InChI is InChI=1S/C30H26BrF3N2O3S/c1-30(33,34)24-16-18(32)5-10-21(24)29-27(39-20-8-6-19(7-9-20)37-15-13-31)22-11-12-25-23(28(22)40-29)17-35-36(25)26-4-2-3-14-38-26/h5-12,16-17,26H,2-4,13-15H2,1H3. The van der Waals surface area contributed by atoms with Crippen molar-refractivity contribution in [1.82, 2.24) is 9.78 Å². The van der Waals surface area contributed by atoms with E-state index in [-0.39, 0.29) is 11.8 Å². The van der Waals surface area contributed by atoms with Crippen LogP contribution in [0.2, 0.25) is 0 Å². The van der Waals surface area contributed by atoms with Gasteiger partial charge in [0.1, 0.15) is 17.3 Å². The summed E-state index contributed by atoms with van der Waals surface area (Å²) < 4.78 is 64.4. The minimum atomic E-state index is -3.27. The Labute approximate surface area is 241 Å². The molecule has 10 heteroatoms. The van der Waals surface area contributed by atoms with Crippen LogP contribution < -0.4 is 9.47 Å². The zero-order valence-corrected chi connectivity index (χ0v) is 24.0. The van der Waals surface area contributed by atoms with Crippen molar-refractivity contribution in [2.75, 3.05) is 18.5 Å². The largest absolute Gasteiger partial charge is 0.493 e. The maximum atomic E-state index is 14.8. The van der Waals surface area contributed by atoms with E-state index in [0.717, 1.165) is 53.2 Å². The summed E-state index contributed by atoms with van der Waals surface area (Å²) in [4.78, 5) is 0.486. The van der Waals surface area contributed by atoms with Gasteiger partial charge in [-0.3, -0.25) is 0 Å². The Morgan fingerprint density at radius 1 is 1.07 bits per heavy atom. The van der Waals surface area contributed by atoms with E-state index in [1.807, 2.05) is 16.8 Å². The molecule has 3 heterocycles. The normalized spacial score (nSPS) is 16.1. The van der Waals surface area contributed by atoms with Gasteiger partial charge in [0.05, 0.1) is 23.2 Å². The van der Waals surface area contributed by atoms with Gasteiger partial charge in [-0.1, -0.05) is 22.0 Å². The number of halogens is 4. The topological polar surface area (TPSA) is 45.5 Å². The quantitative estimate of drug-likeness (QED) is 0.160. The molecule has 1 aliphatic heterocycles. The van der Waals surface area contributed by atoms with Crippen molar-refractivity contribution in [2.24, 2.45) is 0 Å². The summed E-state index contributed by atoms with van der Waals surface area (Å²) in [6, 6.07) is 14.5. The van der Waals surface area contributed by atoms with Crippen molar-refractivity contribution < 1.29 is 27.4 Å². The number of fused-ring (bicyclic) bond motifs is 3. The van der Waals surface area contributed by atoms with Crippen LogP contribution in [-0.2, 0) is 10.7 Å². The molecular formula is C30H26BrF3N2O3S. The Balaban J connectivity index is 1.52. The number of alkyl halides is 3. The fourth-order valence-electron chi connectivity index (χ4n) is 5.04. The highest BCUT2D eigenvalue weighted by molar-refractivity contribution is 9.09. The number of hydrogen-bond acceptors (Lipinski definition) is 5. The lowest BCUT2D eigenvalue weighted by molar-refractivity contribution is -0.0366. The highest BCUT2D eigenvalue weighted by Crippen LogP contribution is 2.51. The van der Waals surface area contributed by atoms with Gasteiger partial charge >= 0.3 is 0 Å². The van der Waals surface area contributed by atoms with Crippen molar-refractivity contribution in [2.45, 2.75) is 38.3 Å². The lowest BCUT2D eigenvalue weighted by Crippen LogP contribution is -2.18. The third-order valence-electron chi connectivity index (χ3n) is 6.90. The van der Waals surface area contributed by atoms with Crippen molar-refractivity contribution in [3.8, 4) is 27.7 Å². The molecule has 40 heavy (non-hydrogen) atoms. The van der Waals surface area contributed by atoms with Crippen LogP contribution in [0.3, 0.4) is 0 Å². The molecule has 1 saturated heterocycles. The van der Waals surface area contributed by atoms with Crippen molar-refractivity contribution >= 4 is 48.3 Å². The van der Waals surface area contributed by atoms with E-state index in [1.165, 1.54) is 23.5 Å².